The van der Waals surface area contributed by atoms with E-state index < -0.39 is 64.4 Å². The number of aliphatic hydroxyl groups excluding tert-OH is 1. The first-order valence-electron chi connectivity index (χ1n) is 27.4. The molecule has 0 saturated carbocycles. The molecule has 72 heavy (non-hydrogen) atoms. The summed E-state index contributed by atoms with van der Waals surface area (Å²) in [5.41, 5.74) is 0. The molecule has 0 fully saturated rings. The highest BCUT2D eigenvalue weighted by Gasteiger charge is 2.28. The topological polar surface area (TPSA) is 155 Å². The summed E-state index contributed by atoms with van der Waals surface area (Å²) in [5.74, 6) is -1.66. The molecule has 0 aliphatic rings. The van der Waals surface area contributed by atoms with E-state index >= 15 is 0 Å². The van der Waals surface area contributed by atoms with Crippen LogP contribution in [0, 0.1) is 0 Å². The molecule has 0 aromatic rings. The summed E-state index contributed by atoms with van der Waals surface area (Å²) < 4.78 is 39.3. The number of phosphoric ester groups is 1. The number of carbonyl (C=O) groups excluding carboxylic acids is 3. The van der Waals surface area contributed by atoms with Gasteiger partial charge in [-0.25, -0.2) is 4.57 Å². The quantitative estimate of drug-likeness (QED) is 0.0197. The van der Waals surface area contributed by atoms with Crippen molar-refractivity contribution in [2.75, 3.05) is 26.4 Å². The summed E-state index contributed by atoms with van der Waals surface area (Å²) in [6.07, 6.45) is 64.7. The van der Waals surface area contributed by atoms with E-state index in [1.54, 1.807) is 0 Å². The second kappa shape index (κ2) is 53.2. The van der Waals surface area contributed by atoms with Crippen LogP contribution in [-0.2, 0) is 42.2 Å². The standard InChI is InChI=1S/C60H97O11P/c1-4-7-10-13-16-19-22-25-27-28-30-33-36-39-42-45-48-51-60(64)71-57(53-67-58(62)49-46-43-40-37-34-31-24-21-18-15-12-9-6-3)55-69-72(65,66)68-54-56(52-61)70-59(63)50-47-44-41-38-35-32-29-26-23-20-17-14-11-8-5-2/h7,9-10,12,16,18-19,21,25-27,29-31,33-34,39-40,42-43,56-57,61H,4-6,8,11,13-15,17,20,22-24,28,32,35-38,41,44-55H2,1-3H3,(H,65,66)/b10-7-,12-9-,19-16-,21-18-,27-25-,29-26-,33-30-,34-31-,42-39-,43-40-. The maximum atomic E-state index is 12.9. The minimum Gasteiger partial charge on any atom is -0.462 e. The lowest BCUT2D eigenvalue weighted by atomic mass is 10.1. The third-order valence-corrected chi connectivity index (χ3v) is 11.8. The van der Waals surface area contributed by atoms with Crippen molar-refractivity contribution >= 4 is 25.7 Å². The summed E-state index contributed by atoms with van der Waals surface area (Å²) in [7, 11) is -4.78. The molecule has 0 spiro atoms. The maximum Gasteiger partial charge on any atom is 0.472 e. The number of allylic oxidation sites excluding steroid dienone is 20. The van der Waals surface area contributed by atoms with Gasteiger partial charge < -0.3 is 24.2 Å². The normalized spacial score (nSPS) is 14.3. The van der Waals surface area contributed by atoms with E-state index in [0.29, 0.717) is 25.7 Å². The fourth-order valence-electron chi connectivity index (χ4n) is 6.75. The largest absolute Gasteiger partial charge is 0.472 e. The average Bonchev–Trinajstić information content (AvgIpc) is 3.37. The number of hydrogen-bond acceptors (Lipinski definition) is 10. The van der Waals surface area contributed by atoms with Gasteiger partial charge in [0.25, 0.3) is 0 Å². The van der Waals surface area contributed by atoms with Crippen molar-refractivity contribution < 1.29 is 52.2 Å². The van der Waals surface area contributed by atoms with Crippen LogP contribution >= 0.6 is 7.82 Å². The van der Waals surface area contributed by atoms with Crippen LogP contribution in [0.4, 0.5) is 0 Å². The molecule has 0 heterocycles. The molecular weight excluding hydrogens is 928 g/mol. The number of carbonyl (C=O) groups is 3. The number of ether oxygens (including phenoxy) is 3. The molecule has 0 bridgehead atoms. The number of unbranched alkanes of at least 4 members (excludes halogenated alkanes) is 12. The smallest absolute Gasteiger partial charge is 0.462 e. The van der Waals surface area contributed by atoms with Gasteiger partial charge >= 0.3 is 25.7 Å². The molecule has 0 amide bonds. The molecule has 3 unspecified atom stereocenters. The predicted octanol–water partition coefficient (Wildman–Crippen LogP) is 16.0. The van der Waals surface area contributed by atoms with Crippen LogP contribution < -0.4 is 0 Å². The van der Waals surface area contributed by atoms with Crippen molar-refractivity contribution in [1.82, 2.24) is 0 Å². The lowest BCUT2D eigenvalue weighted by molar-refractivity contribution is -0.161. The Morgan fingerprint density at radius 3 is 1.24 bits per heavy atom. The van der Waals surface area contributed by atoms with Crippen LogP contribution in [0.25, 0.3) is 0 Å². The van der Waals surface area contributed by atoms with E-state index in [4.69, 9.17) is 23.3 Å². The first-order chi connectivity index (χ1) is 35.2. The van der Waals surface area contributed by atoms with Crippen LogP contribution in [0.1, 0.15) is 201 Å². The Balaban J connectivity index is 4.90. The fraction of sp³-hybridized carbons (Fsp3) is 0.617. The Morgan fingerprint density at radius 2 is 0.764 bits per heavy atom. The van der Waals surface area contributed by atoms with Crippen molar-refractivity contribution in [3.8, 4) is 0 Å². The van der Waals surface area contributed by atoms with Gasteiger partial charge in [0.2, 0.25) is 0 Å². The fourth-order valence-corrected chi connectivity index (χ4v) is 7.54. The zero-order valence-electron chi connectivity index (χ0n) is 44.8. The number of hydrogen-bond donors (Lipinski definition) is 2. The summed E-state index contributed by atoms with van der Waals surface area (Å²) in [4.78, 5) is 48.4. The Bertz CT molecular complexity index is 1670. The van der Waals surface area contributed by atoms with Gasteiger partial charge in [0.05, 0.1) is 19.8 Å². The highest BCUT2D eigenvalue weighted by molar-refractivity contribution is 7.47. The summed E-state index contributed by atoms with van der Waals surface area (Å²) in [6, 6.07) is 0. The molecule has 408 valence electrons. The molecule has 2 N–H and O–H groups in total. The third-order valence-electron chi connectivity index (χ3n) is 10.9. The average molecular weight is 1030 g/mol. The summed E-state index contributed by atoms with van der Waals surface area (Å²) in [6.45, 7) is 4.23. The zero-order chi connectivity index (χ0) is 52.7. The monoisotopic (exact) mass is 1020 g/mol. The van der Waals surface area contributed by atoms with Gasteiger partial charge in [-0.1, -0.05) is 194 Å². The minimum atomic E-state index is -4.78. The molecule has 3 atom stereocenters. The van der Waals surface area contributed by atoms with Crippen molar-refractivity contribution in [1.29, 1.82) is 0 Å². The molecule has 0 aromatic heterocycles. The Morgan fingerprint density at radius 1 is 0.403 bits per heavy atom. The third kappa shape index (κ3) is 50.8. The van der Waals surface area contributed by atoms with Crippen LogP contribution in [0.15, 0.2) is 122 Å². The van der Waals surface area contributed by atoms with Gasteiger partial charge in [0.15, 0.2) is 6.10 Å². The highest BCUT2D eigenvalue weighted by Crippen LogP contribution is 2.43. The van der Waals surface area contributed by atoms with Crippen molar-refractivity contribution in [3.63, 3.8) is 0 Å². The molecule has 11 nitrogen and oxygen atoms in total. The van der Waals surface area contributed by atoms with Crippen molar-refractivity contribution in [3.05, 3.63) is 122 Å². The van der Waals surface area contributed by atoms with E-state index in [0.717, 1.165) is 96.3 Å². The predicted molar refractivity (Wildman–Crippen MR) is 297 cm³/mol. The SMILES string of the molecule is CC/C=C\C/C=C\C/C=C\C/C=C\C/C=C\CCCC(=O)OC(COC(=O)CC/C=C\C/C=C\C/C=C\C/C=C\CC)COP(=O)(O)OCC(CO)OC(=O)CCCCCCC/C=C\CCCCCCCC. The van der Waals surface area contributed by atoms with Crippen molar-refractivity contribution in [2.24, 2.45) is 0 Å². The minimum absolute atomic E-state index is 0.0679. The maximum absolute atomic E-state index is 12.9. The number of aliphatic hydroxyl groups is 1. The van der Waals surface area contributed by atoms with Crippen LogP contribution in [0.5, 0.6) is 0 Å². The van der Waals surface area contributed by atoms with E-state index in [2.05, 4.69) is 118 Å². The van der Waals surface area contributed by atoms with E-state index in [1.165, 1.54) is 38.5 Å². The Labute approximate surface area is 437 Å². The molecule has 0 aliphatic heterocycles. The number of phosphoric acid groups is 1. The Kier molecular flexibility index (Phi) is 50.1. The van der Waals surface area contributed by atoms with Gasteiger partial charge in [-0.05, 0) is 109 Å². The second-order valence-corrected chi connectivity index (χ2v) is 19.1. The van der Waals surface area contributed by atoms with E-state index in [9.17, 15) is 28.9 Å². The highest BCUT2D eigenvalue weighted by atomic mass is 31.2. The molecule has 0 radical (unpaired) electrons. The van der Waals surface area contributed by atoms with Gasteiger partial charge in [0.1, 0.15) is 12.7 Å². The number of rotatable bonds is 49. The Hall–Kier alpha value is -4.12. The molecule has 0 rings (SSSR count). The van der Waals surface area contributed by atoms with Gasteiger partial charge in [-0.3, -0.25) is 23.4 Å². The first-order valence-corrected chi connectivity index (χ1v) is 28.9. The second-order valence-electron chi connectivity index (χ2n) is 17.6. The van der Waals surface area contributed by atoms with E-state index in [1.807, 2.05) is 24.3 Å². The van der Waals surface area contributed by atoms with E-state index in [-0.39, 0.29) is 19.3 Å². The lowest BCUT2D eigenvalue weighted by Crippen LogP contribution is -2.30. The lowest BCUT2D eigenvalue weighted by Gasteiger charge is -2.21. The molecule has 0 saturated heterocycles. The van der Waals surface area contributed by atoms with Crippen LogP contribution in [0.3, 0.4) is 0 Å². The summed E-state index contributed by atoms with van der Waals surface area (Å²) in [5, 5.41) is 9.80. The summed E-state index contributed by atoms with van der Waals surface area (Å²) >= 11 is 0. The van der Waals surface area contributed by atoms with Gasteiger partial charge in [-0.2, -0.15) is 0 Å². The zero-order valence-corrected chi connectivity index (χ0v) is 45.7. The van der Waals surface area contributed by atoms with Crippen LogP contribution in [-0.4, -0.2) is 66.5 Å². The molecular formula is C60H97O11P. The van der Waals surface area contributed by atoms with Crippen molar-refractivity contribution in [2.45, 2.75) is 213 Å². The molecule has 0 aliphatic carbocycles. The molecule has 0 aromatic carbocycles. The first kappa shape index (κ1) is 67.9. The number of esters is 3. The molecule has 12 heteroatoms. The van der Waals surface area contributed by atoms with Gasteiger partial charge in [-0.15, -0.1) is 0 Å². The van der Waals surface area contributed by atoms with Crippen LogP contribution in [0.2, 0.25) is 0 Å². The van der Waals surface area contributed by atoms with Gasteiger partial charge in [0, 0.05) is 19.3 Å².